The summed E-state index contributed by atoms with van der Waals surface area (Å²) in [6, 6.07) is 1.59. The highest BCUT2D eigenvalue weighted by Gasteiger charge is 1.96. The van der Waals surface area contributed by atoms with Gasteiger partial charge in [0.2, 0.25) is 6.61 Å². The standard InChI is InChI=1S/C5H6N2O3/c1-9-5(8)4-10-7-3-2-6/h3H,4H2,1H3. The van der Waals surface area contributed by atoms with Crippen molar-refractivity contribution in [2.75, 3.05) is 13.7 Å². The van der Waals surface area contributed by atoms with Crippen molar-refractivity contribution in [3.05, 3.63) is 0 Å². The van der Waals surface area contributed by atoms with E-state index in [1.54, 1.807) is 6.07 Å². The number of methoxy groups -OCH3 is 1. The molecule has 0 unspecified atom stereocenters. The Bertz CT molecular complexity index is 170. The third-order valence-corrected chi connectivity index (χ3v) is 0.595. The predicted octanol–water partition coefficient (Wildman–Crippen LogP) is -0.315. The number of rotatable bonds is 3. The van der Waals surface area contributed by atoms with Gasteiger partial charge in [0.05, 0.1) is 7.11 Å². The van der Waals surface area contributed by atoms with Crippen LogP contribution in [0.5, 0.6) is 0 Å². The Labute approximate surface area is 57.8 Å². The van der Waals surface area contributed by atoms with Gasteiger partial charge in [-0.05, 0) is 0 Å². The minimum Gasteiger partial charge on any atom is -0.466 e. The molecule has 0 bridgehead atoms. The first kappa shape index (κ1) is 8.43. The quantitative estimate of drug-likeness (QED) is 0.307. The van der Waals surface area contributed by atoms with Crippen molar-refractivity contribution >= 4 is 12.2 Å². The molecule has 0 fully saturated rings. The van der Waals surface area contributed by atoms with Crippen LogP contribution >= 0.6 is 0 Å². The lowest BCUT2D eigenvalue weighted by atomic mass is 10.7. The summed E-state index contributed by atoms with van der Waals surface area (Å²) in [6.45, 7) is -0.269. The lowest BCUT2D eigenvalue weighted by Gasteiger charge is -1.94. The lowest BCUT2D eigenvalue weighted by Crippen LogP contribution is -2.07. The molecule has 0 aliphatic heterocycles. The van der Waals surface area contributed by atoms with Gasteiger partial charge >= 0.3 is 5.97 Å². The van der Waals surface area contributed by atoms with Gasteiger partial charge in [-0.25, -0.2) is 4.79 Å². The first-order chi connectivity index (χ1) is 4.81. The SMILES string of the molecule is COC(=O)CON=CC#N. The second kappa shape index (κ2) is 5.56. The van der Waals surface area contributed by atoms with E-state index in [2.05, 4.69) is 14.7 Å². The fourth-order valence-electron chi connectivity index (χ4n) is 0.210. The van der Waals surface area contributed by atoms with Crippen molar-refractivity contribution in [2.24, 2.45) is 5.16 Å². The maximum absolute atomic E-state index is 10.3. The molecule has 0 saturated heterocycles. The van der Waals surface area contributed by atoms with Crippen molar-refractivity contribution in [1.29, 1.82) is 5.26 Å². The Balaban J connectivity index is 3.30. The first-order valence-corrected chi connectivity index (χ1v) is 2.41. The number of oxime groups is 1. The number of carbonyl (C=O) groups excluding carboxylic acids is 1. The normalized spacial score (nSPS) is 8.80. The highest BCUT2D eigenvalue weighted by atomic mass is 16.6. The van der Waals surface area contributed by atoms with Crippen LogP contribution in [-0.2, 0) is 14.4 Å². The highest BCUT2D eigenvalue weighted by Crippen LogP contribution is 1.77. The second-order valence-corrected chi connectivity index (χ2v) is 1.21. The molecule has 54 valence electrons. The number of ether oxygens (including phenoxy) is 1. The van der Waals surface area contributed by atoms with Crippen LogP contribution in [0.25, 0.3) is 0 Å². The summed E-state index contributed by atoms with van der Waals surface area (Å²) >= 11 is 0. The largest absolute Gasteiger partial charge is 0.466 e. The van der Waals surface area contributed by atoms with E-state index in [1.807, 2.05) is 0 Å². The topological polar surface area (TPSA) is 71.7 Å². The highest BCUT2D eigenvalue weighted by molar-refractivity contribution is 5.74. The molecule has 0 rings (SSSR count). The van der Waals surface area contributed by atoms with Gasteiger partial charge in [0.15, 0.2) is 0 Å². The van der Waals surface area contributed by atoms with Gasteiger partial charge in [0, 0.05) is 0 Å². The first-order valence-electron chi connectivity index (χ1n) is 2.41. The molecule has 0 N–H and O–H groups in total. The van der Waals surface area contributed by atoms with E-state index in [0.717, 1.165) is 6.21 Å². The number of nitrogens with zero attached hydrogens (tertiary/aromatic N) is 2. The van der Waals surface area contributed by atoms with Crippen molar-refractivity contribution in [3.63, 3.8) is 0 Å². The minimum absolute atomic E-state index is 0.269. The van der Waals surface area contributed by atoms with E-state index in [9.17, 15) is 4.79 Å². The van der Waals surface area contributed by atoms with Crippen LogP contribution in [0.15, 0.2) is 5.16 Å². The molecule has 0 radical (unpaired) electrons. The Morgan fingerprint density at radius 3 is 3.10 bits per heavy atom. The van der Waals surface area contributed by atoms with Crippen molar-refractivity contribution in [3.8, 4) is 6.07 Å². The van der Waals surface area contributed by atoms with Gasteiger partial charge in [0.1, 0.15) is 12.3 Å². The van der Waals surface area contributed by atoms with Crippen LogP contribution in [0.3, 0.4) is 0 Å². The Hall–Kier alpha value is -1.57. The van der Waals surface area contributed by atoms with Crippen LogP contribution < -0.4 is 0 Å². The average molecular weight is 142 g/mol. The molecule has 10 heavy (non-hydrogen) atoms. The summed E-state index contributed by atoms with van der Waals surface area (Å²) in [5, 5.41) is 11.0. The van der Waals surface area contributed by atoms with E-state index < -0.39 is 5.97 Å². The third-order valence-electron chi connectivity index (χ3n) is 0.595. The lowest BCUT2D eigenvalue weighted by molar-refractivity contribution is -0.145. The third kappa shape index (κ3) is 4.59. The van der Waals surface area contributed by atoms with E-state index in [0.29, 0.717) is 0 Å². The molecule has 0 amide bonds. The van der Waals surface area contributed by atoms with E-state index in [4.69, 9.17) is 5.26 Å². The summed E-state index contributed by atoms with van der Waals surface area (Å²) in [6.07, 6.45) is 0.878. The minimum atomic E-state index is -0.532. The molecule has 0 aliphatic rings. The van der Waals surface area contributed by atoms with Crippen LogP contribution in [0.4, 0.5) is 0 Å². The van der Waals surface area contributed by atoms with Crippen molar-refractivity contribution in [2.45, 2.75) is 0 Å². The second-order valence-electron chi connectivity index (χ2n) is 1.21. The number of hydrogen-bond acceptors (Lipinski definition) is 5. The zero-order chi connectivity index (χ0) is 7.82. The molecule has 0 aromatic carbocycles. The maximum atomic E-state index is 10.3. The van der Waals surface area contributed by atoms with Gasteiger partial charge in [-0.15, -0.1) is 0 Å². The van der Waals surface area contributed by atoms with Gasteiger partial charge in [-0.1, -0.05) is 5.16 Å². The Morgan fingerprint density at radius 2 is 2.60 bits per heavy atom. The molecule has 0 saturated carbocycles. The summed E-state index contributed by atoms with van der Waals surface area (Å²) < 4.78 is 4.21. The number of hydrogen-bond donors (Lipinski definition) is 0. The number of esters is 1. The Kier molecular flexibility index (Phi) is 4.69. The van der Waals surface area contributed by atoms with Gasteiger partial charge < -0.3 is 9.57 Å². The monoisotopic (exact) mass is 142 g/mol. The van der Waals surface area contributed by atoms with E-state index in [-0.39, 0.29) is 6.61 Å². The molecule has 0 spiro atoms. The summed E-state index contributed by atoms with van der Waals surface area (Å²) in [5.74, 6) is -0.532. The predicted molar refractivity (Wildman–Crippen MR) is 32.1 cm³/mol. The molecule has 5 nitrogen and oxygen atoms in total. The molecule has 0 aliphatic carbocycles. The zero-order valence-electron chi connectivity index (χ0n) is 5.40. The maximum Gasteiger partial charge on any atom is 0.346 e. The molecule has 0 aromatic rings. The summed E-state index contributed by atoms with van der Waals surface area (Å²) in [4.78, 5) is 14.6. The number of nitriles is 1. The average Bonchev–Trinajstić information content (AvgIpc) is 1.98. The molecule has 0 atom stereocenters. The van der Waals surface area contributed by atoms with Gasteiger partial charge in [0.25, 0.3) is 0 Å². The van der Waals surface area contributed by atoms with E-state index in [1.165, 1.54) is 7.11 Å². The van der Waals surface area contributed by atoms with Crippen molar-refractivity contribution in [1.82, 2.24) is 0 Å². The molecule has 0 aromatic heterocycles. The van der Waals surface area contributed by atoms with Crippen molar-refractivity contribution < 1.29 is 14.4 Å². The molecular formula is C5H6N2O3. The Morgan fingerprint density at radius 1 is 1.90 bits per heavy atom. The summed E-state index contributed by atoms with van der Waals surface area (Å²) in [5.41, 5.74) is 0. The van der Waals surface area contributed by atoms with Gasteiger partial charge in [-0.3, -0.25) is 0 Å². The molecule has 0 heterocycles. The van der Waals surface area contributed by atoms with Gasteiger partial charge in [-0.2, -0.15) is 5.26 Å². The van der Waals surface area contributed by atoms with Crippen LogP contribution in [0.1, 0.15) is 0 Å². The van der Waals surface area contributed by atoms with Crippen LogP contribution in [-0.4, -0.2) is 25.9 Å². The summed E-state index contributed by atoms with van der Waals surface area (Å²) in [7, 11) is 1.24. The van der Waals surface area contributed by atoms with Crippen LogP contribution in [0.2, 0.25) is 0 Å². The number of carbonyl (C=O) groups is 1. The fourth-order valence-corrected chi connectivity index (χ4v) is 0.210. The van der Waals surface area contributed by atoms with E-state index >= 15 is 0 Å². The zero-order valence-corrected chi connectivity index (χ0v) is 5.40. The smallest absolute Gasteiger partial charge is 0.346 e. The molecular weight excluding hydrogens is 136 g/mol. The fraction of sp³-hybridized carbons (Fsp3) is 0.400. The van der Waals surface area contributed by atoms with Crippen LogP contribution in [0, 0.1) is 11.3 Å². The molecule has 5 heteroatoms.